The summed E-state index contributed by atoms with van der Waals surface area (Å²) in [5, 5.41) is 0. The van der Waals surface area contributed by atoms with Gasteiger partial charge in [-0.1, -0.05) is 36.4 Å². The van der Waals surface area contributed by atoms with Crippen LogP contribution in [0, 0.1) is 6.92 Å². The summed E-state index contributed by atoms with van der Waals surface area (Å²) < 4.78 is 5.75. The molecule has 2 aromatic heterocycles. The van der Waals surface area contributed by atoms with Crippen LogP contribution in [0.4, 0.5) is 4.79 Å². The predicted molar refractivity (Wildman–Crippen MR) is 132 cm³/mol. The smallest absolute Gasteiger partial charge is 0.327 e. The number of benzene rings is 1. The molecule has 2 fully saturated rings. The van der Waals surface area contributed by atoms with Crippen molar-refractivity contribution in [3.63, 3.8) is 0 Å². The van der Waals surface area contributed by atoms with Crippen molar-refractivity contribution in [2.75, 3.05) is 19.6 Å². The third-order valence-electron chi connectivity index (χ3n) is 7.23. The van der Waals surface area contributed by atoms with Crippen molar-refractivity contribution in [2.24, 2.45) is 0 Å². The van der Waals surface area contributed by atoms with Crippen molar-refractivity contribution in [1.29, 1.82) is 0 Å². The summed E-state index contributed by atoms with van der Waals surface area (Å²) in [5.41, 5.74) is 1.37. The van der Waals surface area contributed by atoms with Crippen LogP contribution in [0.5, 0.6) is 0 Å². The van der Waals surface area contributed by atoms with E-state index in [4.69, 9.17) is 4.42 Å². The second-order valence-corrected chi connectivity index (χ2v) is 9.60. The number of pyridine rings is 1. The van der Waals surface area contributed by atoms with Gasteiger partial charge in [-0.25, -0.2) is 4.79 Å². The molecule has 2 saturated heterocycles. The molecule has 0 radical (unpaired) electrons. The van der Waals surface area contributed by atoms with Crippen molar-refractivity contribution in [1.82, 2.24) is 19.7 Å². The Labute approximate surface area is 206 Å². The van der Waals surface area contributed by atoms with Gasteiger partial charge in [0.2, 0.25) is 0 Å². The van der Waals surface area contributed by atoms with E-state index < -0.39 is 5.54 Å². The van der Waals surface area contributed by atoms with E-state index in [0.29, 0.717) is 25.9 Å². The van der Waals surface area contributed by atoms with Crippen LogP contribution in [0.1, 0.15) is 41.9 Å². The van der Waals surface area contributed by atoms with Gasteiger partial charge in [-0.3, -0.25) is 19.6 Å². The van der Waals surface area contributed by atoms with Crippen molar-refractivity contribution >= 4 is 11.9 Å². The fourth-order valence-corrected chi connectivity index (χ4v) is 5.31. The number of aromatic nitrogens is 1. The summed E-state index contributed by atoms with van der Waals surface area (Å²) in [4.78, 5) is 37.2. The summed E-state index contributed by atoms with van der Waals surface area (Å²) in [7, 11) is 0. The number of hydrogen-bond acceptors (Lipinski definition) is 5. The fraction of sp³-hybridized carbons (Fsp3) is 0.393. The number of rotatable bonds is 8. The average molecular weight is 473 g/mol. The highest BCUT2D eigenvalue weighted by Crippen LogP contribution is 2.39. The SMILES string of the molecule is Cc1ccc(CN2CCC3(CC2)C(=O)N(CCCc2cccnc2)C(=O)N3Cc2ccccc2)o1. The van der Waals surface area contributed by atoms with Crippen LogP contribution in [-0.2, 0) is 24.3 Å². The van der Waals surface area contributed by atoms with Crippen LogP contribution in [0.2, 0.25) is 0 Å². The summed E-state index contributed by atoms with van der Waals surface area (Å²) in [6, 6.07) is 17.7. The molecule has 1 aromatic carbocycles. The Bertz CT molecular complexity index is 1150. The Balaban J connectivity index is 1.31. The van der Waals surface area contributed by atoms with Crippen molar-refractivity contribution < 1.29 is 14.0 Å². The lowest BCUT2D eigenvalue weighted by Gasteiger charge is -2.42. The highest BCUT2D eigenvalue weighted by Gasteiger charge is 2.57. The van der Waals surface area contributed by atoms with Gasteiger partial charge in [0.25, 0.3) is 5.91 Å². The van der Waals surface area contributed by atoms with E-state index in [2.05, 4.69) is 9.88 Å². The van der Waals surface area contributed by atoms with E-state index in [1.807, 2.05) is 72.6 Å². The Morgan fingerprint density at radius 2 is 1.71 bits per heavy atom. The van der Waals surface area contributed by atoms with Crippen LogP contribution < -0.4 is 0 Å². The van der Waals surface area contributed by atoms with E-state index in [9.17, 15) is 9.59 Å². The molecule has 0 atom stereocenters. The van der Waals surface area contributed by atoms with Gasteiger partial charge in [0.1, 0.15) is 17.1 Å². The first kappa shape index (κ1) is 23.3. The summed E-state index contributed by atoms with van der Waals surface area (Å²) in [6.45, 7) is 5.03. The maximum atomic E-state index is 13.8. The number of amides is 3. The van der Waals surface area contributed by atoms with Crippen molar-refractivity contribution in [2.45, 2.75) is 51.2 Å². The summed E-state index contributed by atoms with van der Waals surface area (Å²) in [6.07, 6.45) is 6.36. The van der Waals surface area contributed by atoms with Crippen LogP contribution in [-0.4, -0.2) is 56.8 Å². The third kappa shape index (κ3) is 4.86. The zero-order chi connectivity index (χ0) is 24.3. The first-order valence-corrected chi connectivity index (χ1v) is 12.4. The minimum Gasteiger partial charge on any atom is -0.465 e. The zero-order valence-electron chi connectivity index (χ0n) is 20.2. The van der Waals surface area contributed by atoms with E-state index >= 15 is 0 Å². The number of hydrogen-bond donors (Lipinski definition) is 0. The van der Waals surface area contributed by atoms with Gasteiger partial charge in [-0.2, -0.15) is 0 Å². The zero-order valence-corrected chi connectivity index (χ0v) is 20.2. The topological polar surface area (TPSA) is 69.9 Å². The normalized spacial score (nSPS) is 18.1. The predicted octanol–water partition coefficient (Wildman–Crippen LogP) is 4.41. The Morgan fingerprint density at radius 1 is 0.943 bits per heavy atom. The Morgan fingerprint density at radius 3 is 2.40 bits per heavy atom. The Kier molecular flexibility index (Phi) is 6.68. The van der Waals surface area contributed by atoms with E-state index in [-0.39, 0.29) is 11.9 Å². The molecule has 0 N–H and O–H groups in total. The van der Waals surface area contributed by atoms with Crippen molar-refractivity contribution in [3.05, 3.63) is 89.6 Å². The van der Waals surface area contributed by atoms with Gasteiger partial charge >= 0.3 is 6.03 Å². The number of likely N-dealkylation sites (tertiary alicyclic amines) is 1. The standard InChI is InChI=1S/C28H32N4O3/c1-22-11-12-25(35-22)21-30-17-13-28(14-18-30)26(33)31(16-6-10-23-9-5-15-29-19-23)27(34)32(28)20-24-7-3-2-4-8-24/h2-5,7-9,11-12,15,19H,6,10,13-14,16-18,20-21H2,1H3. The van der Waals surface area contributed by atoms with E-state index in [1.54, 1.807) is 6.20 Å². The number of carbonyl (C=O) groups is 2. The lowest BCUT2D eigenvalue weighted by atomic mass is 9.85. The monoisotopic (exact) mass is 472 g/mol. The van der Waals surface area contributed by atoms with E-state index in [1.165, 1.54) is 4.90 Å². The number of carbonyl (C=O) groups excluding carboxylic acids is 2. The minimum absolute atomic E-state index is 0.0434. The molecule has 0 aliphatic carbocycles. The third-order valence-corrected chi connectivity index (χ3v) is 7.23. The molecule has 2 aliphatic heterocycles. The average Bonchev–Trinajstić information content (AvgIpc) is 3.37. The maximum absolute atomic E-state index is 13.8. The van der Waals surface area contributed by atoms with Gasteiger partial charge in [-0.05, 0) is 61.9 Å². The van der Waals surface area contributed by atoms with Crippen molar-refractivity contribution in [3.8, 4) is 0 Å². The molecule has 7 heteroatoms. The molecule has 0 bridgehead atoms. The quantitative estimate of drug-likeness (QED) is 0.454. The molecule has 1 spiro atoms. The largest absolute Gasteiger partial charge is 0.465 e. The molecular weight excluding hydrogens is 440 g/mol. The van der Waals surface area contributed by atoms with Gasteiger partial charge in [0, 0.05) is 38.6 Å². The first-order valence-electron chi connectivity index (χ1n) is 12.4. The molecule has 3 amide bonds. The molecule has 3 aromatic rings. The lowest BCUT2D eigenvalue weighted by molar-refractivity contribution is -0.136. The number of nitrogens with zero attached hydrogens (tertiary/aromatic N) is 4. The molecule has 0 saturated carbocycles. The van der Waals surface area contributed by atoms with Crippen LogP contribution in [0.15, 0.2) is 71.4 Å². The number of aryl methyl sites for hydroxylation is 2. The molecule has 4 heterocycles. The second kappa shape index (κ2) is 10.0. The van der Waals surface area contributed by atoms with Gasteiger partial charge in [0.05, 0.1) is 6.54 Å². The fourth-order valence-electron chi connectivity index (χ4n) is 5.31. The number of imide groups is 1. The van der Waals surface area contributed by atoms with Gasteiger partial charge < -0.3 is 9.32 Å². The minimum atomic E-state index is -0.781. The molecular formula is C28H32N4O3. The molecule has 182 valence electrons. The molecule has 35 heavy (non-hydrogen) atoms. The highest BCUT2D eigenvalue weighted by molar-refractivity contribution is 6.07. The molecule has 0 unspecified atom stereocenters. The summed E-state index contributed by atoms with van der Waals surface area (Å²) in [5.74, 6) is 1.80. The second-order valence-electron chi connectivity index (χ2n) is 9.60. The molecule has 5 rings (SSSR count). The van der Waals surface area contributed by atoms with Gasteiger partial charge in [-0.15, -0.1) is 0 Å². The van der Waals surface area contributed by atoms with E-state index in [0.717, 1.165) is 55.1 Å². The number of furan rings is 1. The molecule has 7 nitrogen and oxygen atoms in total. The van der Waals surface area contributed by atoms with Gasteiger partial charge in [0.15, 0.2) is 0 Å². The number of piperidine rings is 1. The molecule has 2 aliphatic rings. The number of urea groups is 1. The highest BCUT2D eigenvalue weighted by atomic mass is 16.3. The van der Waals surface area contributed by atoms with Crippen LogP contribution in [0.3, 0.4) is 0 Å². The van der Waals surface area contributed by atoms with Crippen LogP contribution in [0.25, 0.3) is 0 Å². The summed E-state index contributed by atoms with van der Waals surface area (Å²) >= 11 is 0. The van der Waals surface area contributed by atoms with Crippen LogP contribution >= 0.6 is 0 Å². The maximum Gasteiger partial charge on any atom is 0.327 e. The first-order chi connectivity index (χ1) is 17.0. The lowest BCUT2D eigenvalue weighted by Crippen LogP contribution is -2.56. The Hall–Kier alpha value is -3.45.